The molecule has 0 atom stereocenters. The molecule has 0 fully saturated rings. The van der Waals surface area contributed by atoms with Crippen molar-refractivity contribution >= 4 is 11.8 Å². The van der Waals surface area contributed by atoms with Crippen molar-refractivity contribution in [1.82, 2.24) is 14.8 Å². The van der Waals surface area contributed by atoms with Crippen molar-refractivity contribution in [2.45, 2.75) is 46.5 Å². The number of aryl methyl sites for hydroxylation is 1. The van der Waals surface area contributed by atoms with E-state index in [-0.39, 0.29) is 11.7 Å². The Hall–Kier alpha value is -3.68. The van der Waals surface area contributed by atoms with E-state index in [1.165, 1.54) is 13.8 Å². The second kappa shape index (κ2) is 10.8. The maximum absolute atomic E-state index is 11.5. The van der Waals surface area contributed by atoms with Gasteiger partial charge < -0.3 is 14.2 Å². The highest BCUT2D eigenvalue weighted by Gasteiger charge is 2.16. The van der Waals surface area contributed by atoms with Gasteiger partial charge in [0.1, 0.15) is 0 Å². The number of esters is 1. The smallest absolute Gasteiger partial charge is 0.308 e. The third-order valence-electron chi connectivity index (χ3n) is 5.01. The summed E-state index contributed by atoms with van der Waals surface area (Å²) in [5.74, 6) is 1.69. The zero-order chi connectivity index (χ0) is 24.0. The van der Waals surface area contributed by atoms with Crippen molar-refractivity contribution in [1.29, 1.82) is 0 Å². The van der Waals surface area contributed by atoms with E-state index in [4.69, 9.17) is 19.3 Å². The minimum atomic E-state index is -0.424. The van der Waals surface area contributed by atoms with Crippen LogP contribution in [0.1, 0.15) is 61.6 Å². The van der Waals surface area contributed by atoms with Crippen molar-refractivity contribution in [3.05, 3.63) is 59.5 Å². The van der Waals surface area contributed by atoms with Gasteiger partial charge in [-0.15, -0.1) is 0 Å². The van der Waals surface area contributed by atoms with Crippen LogP contribution < -0.4 is 14.2 Å². The summed E-state index contributed by atoms with van der Waals surface area (Å²) in [6.45, 7) is 7.46. The van der Waals surface area contributed by atoms with Crippen LogP contribution in [0.5, 0.6) is 17.2 Å². The van der Waals surface area contributed by atoms with Gasteiger partial charge >= 0.3 is 5.97 Å². The van der Waals surface area contributed by atoms with Gasteiger partial charge in [-0.3, -0.25) is 9.59 Å². The molecule has 0 saturated heterocycles. The molecule has 0 spiro atoms. The molecule has 33 heavy (non-hydrogen) atoms. The minimum absolute atomic E-state index is 0.0232. The van der Waals surface area contributed by atoms with Gasteiger partial charge in [0.25, 0.3) is 0 Å². The number of methoxy groups -OCH3 is 1. The predicted octanol–water partition coefficient (Wildman–Crippen LogP) is 4.54. The maximum atomic E-state index is 11.5. The van der Waals surface area contributed by atoms with Crippen molar-refractivity contribution in [2.24, 2.45) is 0 Å². The van der Waals surface area contributed by atoms with E-state index in [9.17, 15) is 9.59 Å². The third kappa shape index (κ3) is 5.97. The van der Waals surface area contributed by atoms with E-state index in [1.807, 2.05) is 6.20 Å². The molecule has 0 aliphatic carbocycles. The molecule has 0 aliphatic heterocycles. The summed E-state index contributed by atoms with van der Waals surface area (Å²) in [6, 6.07) is 8.71. The second-order valence-electron chi connectivity index (χ2n) is 7.93. The van der Waals surface area contributed by atoms with Crippen LogP contribution in [0.2, 0.25) is 0 Å². The first kappa shape index (κ1) is 24.0. The summed E-state index contributed by atoms with van der Waals surface area (Å²) in [6.07, 6.45) is 5.01. The number of benzene rings is 1. The van der Waals surface area contributed by atoms with Crippen LogP contribution in [0.15, 0.2) is 42.7 Å². The molecule has 0 N–H and O–H groups in total. The molecule has 0 radical (unpaired) electrons. The number of rotatable bonds is 10. The number of Topliss-reactive ketones (excluding diaryl/α,β-unsaturated/α-hetero) is 1. The van der Waals surface area contributed by atoms with E-state index in [0.29, 0.717) is 35.2 Å². The zero-order valence-corrected chi connectivity index (χ0v) is 19.6. The Balaban J connectivity index is 1.71. The maximum Gasteiger partial charge on any atom is 0.308 e. The fraction of sp³-hybridized carbons (Fsp3) is 0.360. The first-order valence-electron chi connectivity index (χ1n) is 10.8. The van der Waals surface area contributed by atoms with Crippen molar-refractivity contribution in [3.63, 3.8) is 0 Å². The molecule has 0 amide bonds. The van der Waals surface area contributed by atoms with Crippen LogP contribution in [-0.4, -0.2) is 40.2 Å². The van der Waals surface area contributed by atoms with Crippen molar-refractivity contribution in [2.75, 3.05) is 13.7 Å². The number of hydrogen-bond acceptors (Lipinski definition) is 7. The van der Waals surface area contributed by atoms with Gasteiger partial charge in [0.2, 0.25) is 5.75 Å². The van der Waals surface area contributed by atoms with Crippen LogP contribution in [0, 0.1) is 0 Å². The van der Waals surface area contributed by atoms with E-state index in [0.717, 1.165) is 24.1 Å². The topological polar surface area (TPSA) is 92.5 Å². The molecule has 3 rings (SSSR count). The monoisotopic (exact) mass is 451 g/mol. The molecule has 1 aromatic carbocycles. The van der Waals surface area contributed by atoms with Gasteiger partial charge in [0.15, 0.2) is 23.1 Å². The van der Waals surface area contributed by atoms with Crippen LogP contribution in [-0.2, 0) is 11.2 Å². The van der Waals surface area contributed by atoms with Gasteiger partial charge in [-0.25, -0.2) is 9.67 Å². The Morgan fingerprint density at radius 3 is 2.45 bits per heavy atom. The normalized spacial score (nSPS) is 10.8. The molecule has 174 valence electrons. The molecule has 3 aromatic rings. The lowest BCUT2D eigenvalue weighted by molar-refractivity contribution is -0.132. The average molecular weight is 452 g/mol. The van der Waals surface area contributed by atoms with Crippen LogP contribution in [0.3, 0.4) is 0 Å². The van der Waals surface area contributed by atoms with Crippen molar-refractivity contribution in [3.8, 4) is 23.1 Å². The zero-order valence-electron chi connectivity index (χ0n) is 19.6. The Bertz CT molecular complexity index is 1120. The summed E-state index contributed by atoms with van der Waals surface area (Å²) >= 11 is 0. The lowest BCUT2D eigenvalue weighted by atomic mass is 10.0. The number of ketones is 1. The summed E-state index contributed by atoms with van der Waals surface area (Å²) < 4.78 is 18.3. The number of nitrogens with zero attached hydrogens (tertiary/aromatic N) is 3. The number of carbonyl (C=O) groups is 2. The number of ether oxygens (including phenoxy) is 3. The molecule has 0 aliphatic rings. The second-order valence-corrected chi connectivity index (χ2v) is 7.93. The van der Waals surface area contributed by atoms with E-state index in [1.54, 1.807) is 48.3 Å². The summed E-state index contributed by atoms with van der Waals surface area (Å²) in [5, 5.41) is 4.72. The van der Waals surface area contributed by atoms with Crippen LogP contribution in [0.25, 0.3) is 5.82 Å². The largest absolute Gasteiger partial charge is 0.493 e. The Kier molecular flexibility index (Phi) is 7.82. The number of carbonyl (C=O) groups excluding carboxylic acids is 2. The fourth-order valence-corrected chi connectivity index (χ4v) is 3.42. The number of hydrogen-bond donors (Lipinski definition) is 0. The van der Waals surface area contributed by atoms with Crippen LogP contribution >= 0.6 is 0 Å². The van der Waals surface area contributed by atoms with Gasteiger partial charge in [0.05, 0.1) is 19.4 Å². The highest BCUT2D eigenvalue weighted by molar-refractivity contribution is 5.93. The number of para-hydroxylation sites is 1. The Morgan fingerprint density at radius 1 is 1.09 bits per heavy atom. The Morgan fingerprint density at radius 2 is 1.85 bits per heavy atom. The third-order valence-corrected chi connectivity index (χ3v) is 5.01. The first-order valence-corrected chi connectivity index (χ1v) is 10.8. The van der Waals surface area contributed by atoms with Crippen LogP contribution in [0.4, 0.5) is 0 Å². The Labute approximate surface area is 193 Å². The molecule has 8 heteroatoms. The molecular formula is C25H29N3O5. The summed E-state index contributed by atoms with van der Waals surface area (Å²) in [7, 11) is 1.54. The van der Waals surface area contributed by atoms with Gasteiger partial charge in [-0.1, -0.05) is 19.9 Å². The van der Waals surface area contributed by atoms with Crippen molar-refractivity contribution < 1.29 is 23.8 Å². The quantitative estimate of drug-likeness (QED) is 0.193. The fourth-order valence-electron chi connectivity index (χ4n) is 3.42. The average Bonchev–Trinajstić information content (AvgIpc) is 3.21. The summed E-state index contributed by atoms with van der Waals surface area (Å²) in [4.78, 5) is 27.3. The van der Waals surface area contributed by atoms with Gasteiger partial charge in [-0.05, 0) is 55.5 Å². The van der Waals surface area contributed by atoms with E-state index in [2.05, 4.69) is 18.8 Å². The highest BCUT2D eigenvalue weighted by atomic mass is 16.6. The molecule has 8 nitrogen and oxygen atoms in total. The molecule has 2 heterocycles. The van der Waals surface area contributed by atoms with E-state index >= 15 is 0 Å². The predicted molar refractivity (Wildman–Crippen MR) is 124 cm³/mol. The number of aromatic nitrogens is 3. The SMILES string of the molecule is COc1cccc(OC(C)=O)c1OCCCc1cn(-c2ccc(C(C)=O)cn2)nc1C(C)C. The summed E-state index contributed by atoms with van der Waals surface area (Å²) in [5.41, 5.74) is 2.66. The highest BCUT2D eigenvalue weighted by Crippen LogP contribution is 2.37. The molecule has 2 aromatic heterocycles. The lowest BCUT2D eigenvalue weighted by Crippen LogP contribution is -2.07. The molecule has 0 unspecified atom stereocenters. The molecule has 0 bridgehead atoms. The molecular weight excluding hydrogens is 422 g/mol. The standard InChI is InChI=1S/C25H29N3O5/c1-16(2)24-20(15-28(27-24)23-12-11-19(14-26-23)17(3)29)8-7-13-32-25-21(31-5)9-6-10-22(25)33-18(4)30/h6,9-12,14-16H,7-8,13H2,1-5H3. The lowest BCUT2D eigenvalue weighted by Gasteiger charge is -2.14. The first-order chi connectivity index (χ1) is 15.8. The van der Waals surface area contributed by atoms with Gasteiger partial charge in [-0.2, -0.15) is 5.10 Å². The molecule has 0 saturated carbocycles. The van der Waals surface area contributed by atoms with Gasteiger partial charge in [0, 0.05) is 24.9 Å². The van der Waals surface area contributed by atoms with E-state index < -0.39 is 5.97 Å². The minimum Gasteiger partial charge on any atom is -0.493 e. The number of pyridine rings is 1.